The summed E-state index contributed by atoms with van der Waals surface area (Å²) in [5, 5.41) is 4.91. The molecule has 2 heteroatoms. The van der Waals surface area contributed by atoms with E-state index in [0.29, 0.717) is 0 Å². The lowest BCUT2D eigenvalue weighted by molar-refractivity contribution is 0.597. The normalized spacial score (nSPS) is 15.5. The zero-order chi connectivity index (χ0) is 10.3. The minimum absolute atomic E-state index is 1.03. The van der Waals surface area contributed by atoms with Gasteiger partial charge in [0.25, 0.3) is 0 Å². The van der Waals surface area contributed by atoms with Crippen molar-refractivity contribution < 1.29 is 0 Å². The van der Waals surface area contributed by atoms with Gasteiger partial charge in [0.2, 0.25) is 0 Å². The molecule has 0 unspecified atom stereocenters. The van der Waals surface area contributed by atoms with Crippen molar-refractivity contribution in [3.63, 3.8) is 0 Å². The van der Waals surface area contributed by atoms with Gasteiger partial charge in [0.05, 0.1) is 0 Å². The van der Waals surface area contributed by atoms with Crippen LogP contribution in [0.4, 0.5) is 0 Å². The first-order valence-corrected chi connectivity index (χ1v) is 5.71. The molecule has 1 aromatic carbocycles. The number of nitrogens with zero attached hydrogens (tertiary/aromatic N) is 1. The van der Waals surface area contributed by atoms with Gasteiger partial charge in [-0.15, -0.1) is 0 Å². The largest absolute Gasteiger partial charge is 0.343 e. The highest BCUT2D eigenvalue weighted by molar-refractivity contribution is 5.85. The molecule has 2 aromatic rings. The van der Waals surface area contributed by atoms with Crippen LogP contribution in [0.5, 0.6) is 0 Å². The van der Waals surface area contributed by atoms with Crippen molar-refractivity contribution in [2.75, 3.05) is 6.54 Å². The zero-order valence-corrected chi connectivity index (χ0v) is 9.09. The quantitative estimate of drug-likeness (QED) is 0.747. The smallest absolute Gasteiger partial charge is 0.0485 e. The Bertz CT molecular complexity index is 463. The molecule has 2 nitrogen and oxygen atoms in total. The number of hydrogen-bond acceptors (Lipinski definition) is 1. The monoisotopic (exact) mass is 200 g/mol. The number of rotatable bonds is 1. The van der Waals surface area contributed by atoms with Gasteiger partial charge in [-0.1, -0.05) is 18.2 Å². The van der Waals surface area contributed by atoms with Crippen LogP contribution in [0, 0.1) is 0 Å². The van der Waals surface area contributed by atoms with Crippen LogP contribution in [0.15, 0.2) is 24.3 Å². The minimum atomic E-state index is 1.03. The number of benzene rings is 1. The van der Waals surface area contributed by atoms with E-state index < -0.39 is 0 Å². The van der Waals surface area contributed by atoms with E-state index in [4.69, 9.17) is 0 Å². The molecule has 0 bridgehead atoms. The standard InChI is InChI=1S/C13H16N2/c1-2-15-12-6-4-3-5-10(12)11-7-8-14-9-13(11)15/h3-6,14H,2,7-9H2,1H3. The van der Waals surface area contributed by atoms with Crippen molar-refractivity contribution in [1.82, 2.24) is 9.88 Å². The Morgan fingerprint density at radius 2 is 2.20 bits per heavy atom. The number of aromatic nitrogens is 1. The molecule has 1 aliphatic heterocycles. The van der Waals surface area contributed by atoms with Gasteiger partial charge in [-0.25, -0.2) is 0 Å². The summed E-state index contributed by atoms with van der Waals surface area (Å²) in [5.74, 6) is 0. The maximum atomic E-state index is 3.46. The van der Waals surface area contributed by atoms with Crippen LogP contribution in [0.25, 0.3) is 10.9 Å². The zero-order valence-electron chi connectivity index (χ0n) is 9.09. The molecule has 0 saturated heterocycles. The van der Waals surface area contributed by atoms with E-state index in [1.807, 2.05) is 0 Å². The molecule has 78 valence electrons. The second kappa shape index (κ2) is 3.38. The first-order valence-electron chi connectivity index (χ1n) is 5.71. The number of para-hydroxylation sites is 1. The Morgan fingerprint density at radius 3 is 3.07 bits per heavy atom. The predicted octanol–water partition coefficient (Wildman–Crippen LogP) is 2.31. The van der Waals surface area contributed by atoms with Gasteiger partial charge < -0.3 is 9.88 Å². The molecule has 0 atom stereocenters. The van der Waals surface area contributed by atoms with Crippen molar-refractivity contribution in [2.45, 2.75) is 26.4 Å². The summed E-state index contributed by atoms with van der Waals surface area (Å²) in [4.78, 5) is 0. The van der Waals surface area contributed by atoms with E-state index in [-0.39, 0.29) is 0 Å². The van der Waals surface area contributed by atoms with Gasteiger partial charge in [-0.3, -0.25) is 0 Å². The van der Waals surface area contributed by atoms with Crippen LogP contribution < -0.4 is 5.32 Å². The Kier molecular flexibility index (Phi) is 2.03. The lowest BCUT2D eigenvalue weighted by Gasteiger charge is -2.16. The van der Waals surface area contributed by atoms with Crippen molar-refractivity contribution >= 4 is 10.9 Å². The van der Waals surface area contributed by atoms with Gasteiger partial charge in [0.15, 0.2) is 0 Å². The molecule has 3 rings (SSSR count). The lowest BCUT2D eigenvalue weighted by Crippen LogP contribution is -2.24. The van der Waals surface area contributed by atoms with Crippen LogP contribution in [0.2, 0.25) is 0 Å². The molecule has 15 heavy (non-hydrogen) atoms. The third-order valence-corrected chi connectivity index (χ3v) is 3.35. The summed E-state index contributed by atoms with van der Waals surface area (Å²) in [7, 11) is 0. The van der Waals surface area contributed by atoms with Crippen LogP contribution in [0.1, 0.15) is 18.2 Å². The van der Waals surface area contributed by atoms with Crippen molar-refractivity contribution in [3.8, 4) is 0 Å². The Labute approximate surface area is 89.9 Å². The molecule has 1 aliphatic rings. The molecule has 1 N–H and O–H groups in total. The topological polar surface area (TPSA) is 17.0 Å². The van der Waals surface area contributed by atoms with E-state index in [2.05, 4.69) is 41.1 Å². The Hall–Kier alpha value is -1.28. The van der Waals surface area contributed by atoms with Crippen molar-refractivity contribution in [2.24, 2.45) is 0 Å². The van der Waals surface area contributed by atoms with Crippen molar-refractivity contribution in [1.29, 1.82) is 0 Å². The molecule has 0 radical (unpaired) electrons. The molecule has 0 amide bonds. The molecule has 0 aliphatic carbocycles. The number of fused-ring (bicyclic) bond motifs is 3. The van der Waals surface area contributed by atoms with Gasteiger partial charge in [0, 0.05) is 29.7 Å². The van der Waals surface area contributed by atoms with Crippen LogP contribution in [-0.4, -0.2) is 11.1 Å². The Balaban J connectivity index is 2.37. The summed E-state index contributed by atoms with van der Waals surface area (Å²) >= 11 is 0. The fraction of sp³-hybridized carbons (Fsp3) is 0.385. The molecule has 1 aromatic heterocycles. The minimum Gasteiger partial charge on any atom is -0.343 e. The SMILES string of the molecule is CCn1c2c(c3ccccc31)CCNC2. The molecule has 0 spiro atoms. The average Bonchev–Trinajstić information content (AvgIpc) is 2.63. The number of aryl methyl sites for hydroxylation is 1. The van der Waals surface area contributed by atoms with Gasteiger partial charge >= 0.3 is 0 Å². The van der Waals surface area contributed by atoms with E-state index >= 15 is 0 Å². The van der Waals surface area contributed by atoms with E-state index in [1.54, 1.807) is 5.56 Å². The first kappa shape index (κ1) is 8.98. The van der Waals surface area contributed by atoms with Gasteiger partial charge in [-0.05, 0) is 31.5 Å². The first-order chi connectivity index (χ1) is 7.42. The van der Waals surface area contributed by atoms with Gasteiger partial charge in [-0.2, -0.15) is 0 Å². The lowest BCUT2D eigenvalue weighted by atomic mass is 10.1. The highest BCUT2D eigenvalue weighted by atomic mass is 15.0. The average molecular weight is 200 g/mol. The van der Waals surface area contributed by atoms with E-state index in [1.165, 1.54) is 23.0 Å². The maximum Gasteiger partial charge on any atom is 0.0485 e. The van der Waals surface area contributed by atoms with Crippen LogP contribution in [0.3, 0.4) is 0 Å². The summed E-state index contributed by atoms with van der Waals surface area (Å²) in [6, 6.07) is 8.76. The molecular formula is C13H16N2. The van der Waals surface area contributed by atoms with Crippen LogP contribution >= 0.6 is 0 Å². The second-order valence-electron chi connectivity index (χ2n) is 4.11. The van der Waals surface area contributed by atoms with E-state index in [9.17, 15) is 0 Å². The summed E-state index contributed by atoms with van der Waals surface area (Å²) in [6.45, 7) is 5.43. The summed E-state index contributed by atoms with van der Waals surface area (Å²) in [5.41, 5.74) is 4.45. The van der Waals surface area contributed by atoms with E-state index in [0.717, 1.165) is 19.6 Å². The third kappa shape index (κ3) is 1.21. The highest BCUT2D eigenvalue weighted by Crippen LogP contribution is 2.28. The molecule has 0 saturated carbocycles. The fourth-order valence-corrected chi connectivity index (χ4v) is 2.69. The number of hydrogen-bond donors (Lipinski definition) is 1. The van der Waals surface area contributed by atoms with Crippen molar-refractivity contribution in [3.05, 3.63) is 35.5 Å². The third-order valence-electron chi connectivity index (χ3n) is 3.35. The second-order valence-corrected chi connectivity index (χ2v) is 4.11. The number of nitrogens with one attached hydrogen (secondary N) is 1. The maximum absolute atomic E-state index is 3.46. The molecule has 0 fully saturated rings. The molecule has 2 heterocycles. The molecular weight excluding hydrogens is 184 g/mol. The van der Waals surface area contributed by atoms with Gasteiger partial charge in [0.1, 0.15) is 0 Å². The fourth-order valence-electron chi connectivity index (χ4n) is 2.69. The predicted molar refractivity (Wildman–Crippen MR) is 63.0 cm³/mol. The highest BCUT2D eigenvalue weighted by Gasteiger charge is 2.17. The Morgan fingerprint density at radius 1 is 1.33 bits per heavy atom. The summed E-state index contributed by atoms with van der Waals surface area (Å²) < 4.78 is 2.44. The summed E-state index contributed by atoms with van der Waals surface area (Å²) in [6.07, 6.45) is 1.17. The van der Waals surface area contributed by atoms with Crippen LogP contribution in [-0.2, 0) is 19.5 Å².